The third kappa shape index (κ3) is 3.05. The van der Waals surface area contributed by atoms with Crippen LogP contribution in [0.2, 0.25) is 0 Å². The molecule has 0 radical (unpaired) electrons. The Morgan fingerprint density at radius 3 is 2.27 bits per heavy atom. The number of hydrogen-bond acceptors (Lipinski definition) is 7. The molecule has 0 aliphatic carbocycles. The number of nitrogens with one attached hydrogen (secondary N) is 1. The van der Waals surface area contributed by atoms with Gasteiger partial charge in [-0.15, -0.1) is 0 Å². The van der Waals surface area contributed by atoms with Gasteiger partial charge in [0.25, 0.3) is 0 Å². The maximum absolute atomic E-state index is 11.3. The van der Waals surface area contributed by atoms with E-state index in [0.29, 0.717) is 19.4 Å². The number of nitrogens with zero attached hydrogens (tertiary/aromatic N) is 2. The average Bonchev–Trinajstić information content (AvgIpc) is 2.38. The number of amides is 1. The monoisotopic (exact) mass is 311 g/mol. The van der Waals surface area contributed by atoms with Gasteiger partial charge in [0.15, 0.2) is 5.75 Å². The molecule has 1 aromatic carbocycles. The molecule has 118 valence electrons. The van der Waals surface area contributed by atoms with Crippen molar-refractivity contribution in [1.29, 1.82) is 0 Å². The van der Waals surface area contributed by atoms with Gasteiger partial charge in [0, 0.05) is 13.0 Å². The predicted molar refractivity (Wildman–Crippen MR) is 74.3 cm³/mol. The molecular weight excluding hydrogens is 298 g/mol. The van der Waals surface area contributed by atoms with Crippen molar-refractivity contribution in [3.63, 3.8) is 0 Å². The molecule has 0 saturated carbocycles. The average molecular weight is 311 g/mol. The fraction of sp³-hybridized carbons (Fsp3) is 0.417. The van der Waals surface area contributed by atoms with Gasteiger partial charge in [0.2, 0.25) is 11.7 Å². The highest BCUT2D eigenvalue weighted by Gasteiger charge is 2.38. The largest absolute Gasteiger partial charge is 0.489 e. The molecule has 22 heavy (non-hydrogen) atoms. The Kier molecular flexibility index (Phi) is 4.39. The molecule has 1 aliphatic rings. The third-order valence-electron chi connectivity index (χ3n) is 2.91. The van der Waals surface area contributed by atoms with Gasteiger partial charge in [-0.2, -0.15) is 0 Å². The minimum atomic E-state index is -0.925. The topological polar surface area (TPSA) is 134 Å². The Hall–Kier alpha value is -2.91. The SMILES string of the molecule is CC(=O)Nc1cc2c(c([N+](=O)[O-])c1[N+](=O)[O-])OCCCCO2. The molecule has 1 aromatic rings. The quantitative estimate of drug-likeness (QED) is 0.666. The summed E-state index contributed by atoms with van der Waals surface area (Å²) in [7, 11) is 0. The Morgan fingerprint density at radius 2 is 1.73 bits per heavy atom. The van der Waals surface area contributed by atoms with Crippen molar-refractivity contribution < 1.29 is 24.1 Å². The second-order valence-electron chi connectivity index (χ2n) is 4.55. The molecule has 0 fully saturated rings. The summed E-state index contributed by atoms with van der Waals surface area (Å²) in [5.74, 6) is -0.879. The summed E-state index contributed by atoms with van der Waals surface area (Å²) in [5.41, 5.74) is -1.96. The van der Waals surface area contributed by atoms with E-state index in [1.54, 1.807) is 0 Å². The Bertz CT molecular complexity index is 644. The van der Waals surface area contributed by atoms with Crippen LogP contribution in [0.1, 0.15) is 19.8 Å². The number of benzene rings is 1. The zero-order valence-corrected chi connectivity index (χ0v) is 11.7. The molecule has 0 saturated heterocycles. The summed E-state index contributed by atoms with van der Waals surface area (Å²) in [4.78, 5) is 31.9. The van der Waals surface area contributed by atoms with E-state index in [1.165, 1.54) is 6.07 Å². The molecule has 0 atom stereocenters. The van der Waals surface area contributed by atoms with Crippen LogP contribution in [0.3, 0.4) is 0 Å². The van der Waals surface area contributed by atoms with Crippen molar-refractivity contribution >= 4 is 23.0 Å². The molecule has 1 heterocycles. The lowest BCUT2D eigenvalue weighted by molar-refractivity contribution is -0.422. The van der Waals surface area contributed by atoms with Gasteiger partial charge in [0.1, 0.15) is 5.69 Å². The lowest BCUT2D eigenvalue weighted by Gasteiger charge is -2.17. The van der Waals surface area contributed by atoms with E-state index >= 15 is 0 Å². The first-order valence-corrected chi connectivity index (χ1v) is 6.44. The van der Waals surface area contributed by atoms with Crippen LogP contribution in [0.5, 0.6) is 11.5 Å². The summed E-state index contributed by atoms with van der Waals surface area (Å²) in [6.45, 7) is 1.63. The normalized spacial score (nSPS) is 13.7. The minimum absolute atomic E-state index is 0.000694. The molecule has 0 spiro atoms. The van der Waals surface area contributed by atoms with Crippen LogP contribution in [-0.4, -0.2) is 29.0 Å². The van der Waals surface area contributed by atoms with Crippen LogP contribution in [0, 0.1) is 20.2 Å². The van der Waals surface area contributed by atoms with E-state index in [9.17, 15) is 25.0 Å². The lowest BCUT2D eigenvalue weighted by Crippen LogP contribution is -2.14. The number of hydrogen-bond donors (Lipinski definition) is 1. The molecule has 1 amide bonds. The second kappa shape index (κ2) is 6.24. The maximum Gasteiger partial charge on any atom is 0.393 e. The number of nitro benzene ring substituents is 2. The number of carbonyl (C=O) groups excluding carboxylic acids is 1. The van der Waals surface area contributed by atoms with Crippen molar-refractivity contribution in [3.05, 3.63) is 26.3 Å². The van der Waals surface area contributed by atoms with Gasteiger partial charge in [-0.05, 0) is 12.8 Å². The van der Waals surface area contributed by atoms with E-state index in [-0.39, 0.29) is 23.8 Å². The number of ether oxygens (including phenoxy) is 2. The maximum atomic E-state index is 11.3. The molecule has 1 aliphatic heterocycles. The molecule has 0 unspecified atom stereocenters. The molecule has 10 heteroatoms. The fourth-order valence-corrected chi connectivity index (χ4v) is 2.06. The van der Waals surface area contributed by atoms with Crippen LogP contribution < -0.4 is 14.8 Å². The summed E-state index contributed by atoms with van der Waals surface area (Å²) < 4.78 is 10.7. The summed E-state index contributed by atoms with van der Waals surface area (Å²) in [6.07, 6.45) is 1.29. The molecule has 0 bridgehead atoms. The van der Waals surface area contributed by atoms with Crippen molar-refractivity contribution in [2.45, 2.75) is 19.8 Å². The standard InChI is InChI=1S/C12H13N3O7/c1-7(16)13-8-6-9-12(22-5-3-2-4-21-9)11(15(19)20)10(8)14(17)18/h6H,2-5H2,1H3,(H,13,16). The highest BCUT2D eigenvalue weighted by atomic mass is 16.6. The van der Waals surface area contributed by atoms with Gasteiger partial charge in [-0.25, -0.2) is 0 Å². The smallest absolute Gasteiger partial charge is 0.393 e. The van der Waals surface area contributed by atoms with Gasteiger partial charge in [-0.1, -0.05) is 0 Å². The van der Waals surface area contributed by atoms with Gasteiger partial charge >= 0.3 is 11.4 Å². The van der Waals surface area contributed by atoms with Gasteiger partial charge in [-0.3, -0.25) is 25.0 Å². The van der Waals surface area contributed by atoms with Crippen molar-refractivity contribution in [2.24, 2.45) is 0 Å². The Morgan fingerprint density at radius 1 is 1.14 bits per heavy atom. The summed E-state index contributed by atoms with van der Waals surface area (Å²) in [6, 6.07) is 1.17. The van der Waals surface area contributed by atoms with Crippen molar-refractivity contribution in [3.8, 4) is 11.5 Å². The first kappa shape index (κ1) is 15.5. The van der Waals surface area contributed by atoms with E-state index in [2.05, 4.69) is 5.32 Å². The predicted octanol–water partition coefficient (Wildman–Crippen LogP) is 2.01. The van der Waals surface area contributed by atoms with Crippen molar-refractivity contribution in [1.82, 2.24) is 0 Å². The first-order chi connectivity index (χ1) is 10.4. The van der Waals surface area contributed by atoms with Gasteiger partial charge in [0.05, 0.1) is 23.1 Å². The summed E-state index contributed by atoms with van der Waals surface area (Å²) >= 11 is 0. The van der Waals surface area contributed by atoms with Crippen molar-refractivity contribution in [2.75, 3.05) is 18.5 Å². The van der Waals surface area contributed by atoms with Gasteiger partial charge < -0.3 is 14.8 Å². The highest BCUT2D eigenvalue weighted by molar-refractivity contribution is 5.94. The number of rotatable bonds is 3. The molecular formula is C12H13N3O7. The second-order valence-corrected chi connectivity index (χ2v) is 4.55. The molecule has 1 N–H and O–H groups in total. The zero-order valence-electron chi connectivity index (χ0n) is 11.7. The van der Waals surface area contributed by atoms with Crippen LogP contribution in [0.15, 0.2) is 6.07 Å². The fourth-order valence-electron chi connectivity index (χ4n) is 2.06. The molecule has 0 aromatic heterocycles. The number of fused-ring (bicyclic) bond motifs is 1. The van der Waals surface area contributed by atoms with E-state index < -0.39 is 27.1 Å². The van der Waals surface area contributed by atoms with E-state index in [4.69, 9.17) is 9.47 Å². The highest BCUT2D eigenvalue weighted by Crippen LogP contribution is 2.48. The lowest BCUT2D eigenvalue weighted by atomic mass is 10.1. The number of nitro groups is 2. The third-order valence-corrected chi connectivity index (χ3v) is 2.91. The Balaban J connectivity index is 2.72. The molecule has 2 rings (SSSR count). The Labute approximate surface area is 124 Å². The zero-order chi connectivity index (χ0) is 16.3. The first-order valence-electron chi connectivity index (χ1n) is 6.44. The van der Waals surface area contributed by atoms with E-state index in [1.807, 2.05) is 0 Å². The number of anilines is 1. The number of carbonyl (C=O) groups is 1. The minimum Gasteiger partial charge on any atom is -0.489 e. The van der Waals surface area contributed by atoms with Crippen LogP contribution in [0.25, 0.3) is 0 Å². The van der Waals surface area contributed by atoms with Crippen LogP contribution in [-0.2, 0) is 4.79 Å². The van der Waals surface area contributed by atoms with Crippen LogP contribution >= 0.6 is 0 Å². The van der Waals surface area contributed by atoms with Crippen LogP contribution in [0.4, 0.5) is 17.1 Å². The molecule has 10 nitrogen and oxygen atoms in total. The summed E-state index contributed by atoms with van der Waals surface area (Å²) in [5, 5.41) is 24.7. The van der Waals surface area contributed by atoms with E-state index in [0.717, 1.165) is 6.92 Å².